The Hall–Kier alpha value is -2.66. The molecule has 0 saturated carbocycles. The number of nitrogens with zero attached hydrogens (tertiary/aromatic N) is 2. The fourth-order valence-corrected chi connectivity index (χ4v) is 3.57. The molecule has 2 aromatic rings. The van der Waals surface area contributed by atoms with E-state index in [0.717, 1.165) is 17.4 Å². The average Bonchev–Trinajstić information content (AvgIpc) is 2.69. The third-order valence-electron chi connectivity index (χ3n) is 5.18. The van der Waals surface area contributed by atoms with E-state index >= 15 is 0 Å². The third-order valence-corrected chi connectivity index (χ3v) is 5.18. The van der Waals surface area contributed by atoms with E-state index in [1.54, 1.807) is 0 Å². The zero-order valence-corrected chi connectivity index (χ0v) is 14.8. The van der Waals surface area contributed by atoms with Crippen LogP contribution in [-0.2, 0) is 17.9 Å². The van der Waals surface area contributed by atoms with Crippen LogP contribution in [-0.4, -0.2) is 45.9 Å². The first-order valence-electron chi connectivity index (χ1n) is 8.90. The third kappa shape index (κ3) is 4.11. The van der Waals surface area contributed by atoms with Gasteiger partial charge in [0.1, 0.15) is 6.29 Å². The lowest BCUT2D eigenvalue weighted by atomic mass is 9.86. The number of benzene rings is 2. The SMILES string of the molecule is O=CC1(N(Cc2ccccc2)Cc2ccccc2)CCN(C(=O)O)CC1. The zero-order chi connectivity index (χ0) is 18.4. The summed E-state index contributed by atoms with van der Waals surface area (Å²) in [5.74, 6) is 0. The molecular weight excluding hydrogens is 328 g/mol. The molecule has 0 aliphatic carbocycles. The molecule has 3 rings (SSSR count). The molecule has 1 saturated heterocycles. The Morgan fingerprint density at radius 1 is 0.962 bits per heavy atom. The number of aldehydes is 1. The van der Waals surface area contributed by atoms with Gasteiger partial charge in [0.05, 0.1) is 5.54 Å². The zero-order valence-electron chi connectivity index (χ0n) is 14.8. The normalized spacial score (nSPS) is 16.4. The Bertz CT molecular complexity index is 684. The summed E-state index contributed by atoms with van der Waals surface area (Å²) in [7, 11) is 0. The Morgan fingerprint density at radius 2 is 1.42 bits per heavy atom. The molecule has 0 radical (unpaired) electrons. The predicted octanol–water partition coefficient (Wildman–Crippen LogP) is 3.40. The summed E-state index contributed by atoms with van der Waals surface area (Å²) >= 11 is 0. The van der Waals surface area contributed by atoms with Crippen molar-refractivity contribution in [3.8, 4) is 0 Å². The number of piperidine rings is 1. The molecule has 1 aliphatic heterocycles. The summed E-state index contributed by atoms with van der Waals surface area (Å²) in [4.78, 5) is 27.0. The van der Waals surface area contributed by atoms with Gasteiger partial charge in [0.2, 0.25) is 0 Å². The molecule has 2 aromatic carbocycles. The summed E-state index contributed by atoms with van der Waals surface area (Å²) in [6.07, 6.45) is 1.14. The monoisotopic (exact) mass is 352 g/mol. The van der Waals surface area contributed by atoms with Crippen molar-refractivity contribution >= 4 is 12.4 Å². The fraction of sp³-hybridized carbons (Fsp3) is 0.333. The molecule has 0 bridgehead atoms. The number of amides is 1. The van der Waals surface area contributed by atoms with Crippen LogP contribution in [0.1, 0.15) is 24.0 Å². The molecule has 1 N–H and O–H groups in total. The van der Waals surface area contributed by atoms with E-state index in [-0.39, 0.29) is 0 Å². The van der Waals surface area contributed by atoms with Gasteiger partial charge < -0.3 is 14.8 Å². The molecule has 1 aliphatic rings. The summed E-state index contributed by atoms with van der Waals surface area (Å²) in [5.41, 5.74) is 1.65. The van der Waals surface area contributed by atoms with Crippen molar-refractivity contribution in [2.75, 3.05) is 13.1 Å². The highest BCUT2D eigenvalue weighted by atomic mass is 16.4. The lowest BCUT2D eigenvalue weighted by molar-refractivity contribution is -0.123. The Kier molecular flexibility index (Phi) is 5.68. The number of carbonyl (C=O) groups excluding carboxylic acids is 1. The van der Waals surface area contributed by atoms with E-state index in [9.17, 15) is 14.7 Å². The van der Waals surface area contributed by atoms with Gasteiger partial charge in [-0.05, 0) is 24.0 Å². The fourth-order valence-electron chi connectivity index (χ4n) is 3.57. The highest BCUT2D eigenvalue weighted by Crippen LogP contribution is 2.30. The van der Waals surface area contributed by atoms with Gasteiger partial charge in [-0.1, -0.05) is 60.7 Å². The summed E-state index contributed by atoms with van der Waals surface area (Å²) in [6.45, 7) is 2.07. The van der Waals surface area contributed by atoms with E-state index in [1.165, 1.54) is 4.90 Å². The highest BCUT2D eigenvalue weighted by molar-refractivity contribution is 5.68. The van der Waals surface area contributed by atoms with Crippen LogP contribution in [0.4, 0.5) is 4.79 Å². The highest BCUT2D eigenvalue weighted by Gasteiger charge is 2.40. The van der Waals surface area contributed by atoms with Gasteiger partial charge in [0.15, 0.2) is 0 Å². The quantitative estimate of drug-likeness (QED) is 0.810. The maximum Gasteiger partial charge on any atom is 0.407 e. The number of carboxylic acid groups (broad SMARTS) is 1. The molecule has 26 heavy (non-hydrogen) atoms. The smallest absolute Gasteiger partial charge is 0.407 e. The number of rotatable bonds is 6. The van der Waals surface area contributed by atoms with E-state index < -0.39 is 11.6 Å². The van der Waals surface area contributed by atoms with Crippen molar-refractivity contribution in [2.24, 2.45) is 0 Å². The molecule has 5 nitrogen and oxygen atoms in total. The molecule has 0 aromatic heterocycles. The van der Waals surface area contributed by atoms with E-state index in [2.05, 4.69) is 29.2 Å². The average molecular weight is 352 g/mol. The van der Waals surface area contributed by atoms with Gasteiger partial charge in [-0.2, -0.15) is 0 Å². The van der Waals surface area contributed by atoms with Gasteiger partial charge in [-0.25, -0.2) is 4.79 Å². The minimum absolute atomic E-state index is 0.383. The van der Waals surface area contributed by atoms with Crippen molar-refractivity contribution in [3.63, 3.8) is 0 Å². The minimum Gasteiger partial charge on any atom is -0.465 e. The van der Waals surface area contributed by atoms with E-state index in [0.29, 0.717) is 39.0 Å². The molecular formula is C21H24N2O3. The number of likely N-dealkylation sites (tertiary alicyclic amines) is 1. The topological polar surface area (TPSA) is 60.9 Å². The Labute approximate surface area is 153 Å². The summed E-state index contributed by atoms with van der Waals surface area (Å²) < 4.78 is 0. The second-order valence-electron chi connectivity index (χ2n) is 6.82. The van der Waals surface area contributed by atoms with Crippen molar-refractivity contribution < 1.29 is 14.7 Å². The van der Waals surface area contributed by atoms with Crippen LogP contribution in [0, 0.1) is 0 Å². The van der Waals surface area contributed by atoms with Gasteiger partial charge in [0.25, 0.3) is 0 Å². The summed E-state index contributed by atoms with van der Waals surface area (Å²) in [5, 5.41) is 9.21. The second kappa shape index (κ2) is 8.15. The van der Waals surface area contributed by atoms with Gasteiger partial charge >= 0.3 is 6.09 Å². The van der Waals surface area contributed by atoms with Gasteiger partial charge in [0, 0.05) is 26.2 Å². The predicted molar refractivity (Wildman–Crippen MR) is 99.8 cm³/mol. The van der Waals surface area contributed by atoms with Crippen LogP contribution < -0.4 is 0 Å². The first kappa shape index (κ1) is 18.1. The van der Waals surface area contributed by atoms with Crippen molar-refractivity contribution in [3.05, 3.63) is 71.8 Å². The lowest BCUT2D eigenvalue weighted by Gasteiger charge is -2.45. The standard InChI is InChI=1S/C21H24N2O3/c24-17-21(11-13-22(14-12-21)20(25)26)23(15-18-7-3-1-4-8-18)16-19-9-5-2-6-10-19/h1-10,17H,11-16H2,(H,25,26). The van der Waals surface area contributed by atoms with E-state index in [1.807, 2.05) is 36.4 Å². The van der Waals surface area contributed by atoms with Crippen LogP contribution in [0.3, 0.4) is 0 Å². The summed E-state index contributed by atoms with van der Waals surface area (Å²) in [6, 6.07) is 20.2. The van der Waals surface area contributed by atoms with Crippen LogP contribution in [0.25, 0.3) is 0 Å². The molecule has 0 unspecified atom stereocenters. The molecule has 1 amide bonds. The maximum absolute atomic E-state index is 12.2. The maximum atomic E-state index is 12.2. The molecule has 5 heteroatoms. The van der Waals surface area contributed by atoms with Crippen LogP contribution >= 0.6 is 0 Å². The largest absolute Gasteiger partial charge is 0.465 e. The first-order chi connectivity index (χ1) is 12.6. The number of carbonyl (C=O) groups is 2. The van der Waals surface area contributed by atoms with Gasteiger partial charge in [-0.3, -0.25) is 4.90 Å². The molecule has 0 atom stereocenters. The van der Waals surface area contributed by atoms with Crippen molar-refractivity contribution in [1.29, 1.82) is 0 Å². The molecule has 1 fully saturated rings. The van der Waals surface area contributed by atoms with Crippen molar-refractivity contribution in [2.45, 2.75) is 31.5 Å². The molecule has 136 valence electrons. The second-order valence-corrected chi connectivity index (χ2v) is 6.82. The van der Waals surface area contributed by atoms with Crippen LogP contribution in [0.15, 0.2) is 60.7 Å². The minimum atomic E-state index is -0.915. The Morgan fingerprint density at radius 3 is 1.81 bits per heavy atom. The number of hydrogen-bond acceptors (Lipinski definition) is 3. The lowest BCUT2D eigenvalue weighted by Crippen LogP contribution is -2.56. The van der Waals surface area contributed by atoms with Gasteiger partial charge in [-0.15, -0.1) is 0 Å². The molecule has 0 spiro atoms. The first-order valence-corrected chi connectivity index (χ1v) is 8.90. The Balaban J connectivity index is 1.85. The molecule has 1 heterocycles. The van der Waals surface area contributed by atoms with Crippen LogP contribution in [0.2, 0.25) is 0 Å². The number of hydrogen-bond donors (Lipinski definition) is 1. The van der Waals surface area contributed by atoms with Crippen molar-refractivity contribution in [1.82, 2.24) is 9.80 Å². The van der Waals surface area contributed by atoms with E-state index in [4.69, 9.17) is 0 Å². The van der Waals surface area contributed by atoms with Crippen LogP contribution in [0.5, 0.6) is 0 Å².